The van der Waals surface area contributed by atoms with E-state index in [1.54, 1.807) is 18.2 Å². The molecule has 0 saturated heterocycles. The molecule has 4 nitrogen and oxygen atoms in total. The van der Waals surface area contributed by atoms with Gasteiger partial charge in [-0.15, -0.1) is 0 Å². The van der Waals surface area contributed by atoms with Gasteiger partial charge in [0.1, 0.15) is 11.4 Å². The van der Waals surface area contributed by atoms with Gasteiger partial charge in [0.25, 0.3) is 5.91 Å². The van der Waals surface area contributed by atoms with Crippen molar-refractivity contribution in [1.29, 1.82) is 0 Å². The Morgan fingerprint density at radius 2 is 2.11 bits per heavy atom. The van der Waals surface area contributed by atoms with Crippen LogP contribution in [0, 0.1) is 0 Å². The quantitative estimate of drug-likeness (QED) is 0.886. The van der Waals surface area contributed by atoms with Crippen LogP contribution in [0.15, 0.2) is 42.6 Å². The third-order valence-electron chi connectivity index (χ3n) is 3.58. The Morgan fingerprint density at radius 1 is 1.26 bits per heavy atom. The minimum atomic E-state index is -0.137. The smallest absolute Gasteiger partial charge is 0.272 e. The fraction of sp³-hybridized carbons (Fsp3) is 0.267. The Kier molecular flexibility index (Phi) is 2.99. The first kappa shape index (κ1) is 11.8. The Labute approximate surface area is 111 Å². The number of amides is 1. The van der Waals surface area contributed by atoms with Gasteiger partial charge in [-0.1, -0.05) is 6.07 Å². The van der Waals surface area contributed by atoms with Crippen LogP contribution < -0.4 is 5.32 Å². The molecule has 2 aromatic rings. The second-order valence-corrected chi connectivity index (χ2v) is 4.89. The molecule has 2 N–H and O–H groups in total. The maximum absolute atomic E-state index is 12.2. The van der Waals surface area contributed by atoms with Crippen LogP contribution in [0.2, 0.25) is 0 Å². The van der Waals surface area contributed by atoms with Crippen molar-refractivity contribution in [3.8, 4) is 5.75 Å². The molecule has 1 aromatic carbocycles. The highest BCUT2D eigenvalue weighted by Gasteiger charge is 2.23. The molecule has 0 atom stereocenters. The second-order valence-electron chi connectivity index (χ2n) is 4.89. The first-order valence-corrected chi connectivity index (χ1v) is 6.51. The zero-order chi connectivity index (χ0) is 13.2. The van der Waals surface area contributed by atoms with E-state index >= 15 is 0 Å². The molecule has 4 heteroatoms. The Hall–Kier alpha value is -2.23. The molecule has 1 aliphatic carbocycles. The SMILES string of the molecule is O=C(Nc1cccc(O)c1)c1cccn1C1CCC1. The van der Waals surface area contributed by atoms with Gasteiger partial charge in [-0.3, -0.25) is 4.79 Å². The fourth-order valence-electron chi connectivity index (χ4n) is 2.35. The average molecular weight is 256 g/mol. The van der Waals surface area contributed by atoms with E-state index in [0.29, 0.717) is 17.4 Å². The highest BCUT2D eigenvalue weighted by molar-refractivity contribution is 6.03. The molecular formula is C15H16N2O2. The summed E-state index contributed by atoms with van der Waals surface area (Å²) >= 11 is 0. The molecule has 1 amide bonds. The van der Waals surface area contributed by atoms with Crippen molar-refractivity contribution in [2.75, 3.05) is 5.32 Å². The number of nitrogens with one attached hydrogen (secondary N) is 1. The summed E-state index contributed by atoms with van der Waals surface area (Å²) < 4.78 is 2.04. The van der Waals surface area contributed by atoms with Gasteiger partial charge in [-0.2, -0.15) is 0 Å². The van der Waals surface area contributed by atoms with E-state index in [4.69, 9.17) is 0 Å². The van der Waals surface area contributed by atoms with E-state index in [2.05, 4.69) is 5.32 Å². The van der Waals surface area contributed by atoms with Crippen molar-refractivity contribution in [1.82, 2.24) is 4.57 Å². The van der Waals surface area contributed by atoms with Crippen LogP contribution in [-0.2, 0) is 0 Å². The Balaban J connectivity index is 1.79. The Morgan fingerprint density at radius 3 is 2.79 bits per heavy atom. The van der Waals surface area contributed by atoms with Crippen molar-refractivity contribution < 1.29 is 9.90 Å². The third-order valence-corrected chi connectivity index (χ3v) is 3.58. The number of rotatable bonds is 3. The van der Waals surface area contributed by atoms with E-state index < -0.39 is 0 Å². The first-order chi connectivity index (χ1) is 9.24. The van der Waals surface area contributed by atoms with E-state index in [1.165, 1.54) is 12.5 Å². The zero-order valence-electron chi connectivity index (χ0n) is 10.5. The third kappa shape index (κ3) is 2.34. The lowest BCUT2D eigenvalue weighted by Crippen LogP contribution is -2.23. The second kappa shape index (κ2) is 4.80. The number of aromatic hydroxyl groups is 1. The molecule has 1 heterocycles. The molecule has 1 aliphatic rings. The molecule has 0 spiro atoms. The summed E-state index contributed by atoms with van der Waals surface area (Å²) in [5.41, 5.74) is 1.28. The highest BCUT2D eigenvalue weighted by Crippen LogP contribution is 2.32. The number of phenolic OH excluding ortho intramolecular Hbond substituents is 1. The van der Waals surface area contributed by atoms with E-state index in [-0.39, 0.29) is 11.7 Å². The lowest BCUT2D eigenvalue weighted by atomic mass is 9.93. The summed E-state index contributed by atoms with van der Waals surface area (Å²) in [5.74, 6) is 0.00896. The molecule has 0 aliphatic heterocycles. The van der Waals surface area contributed by atoms with Crippen molar-refractivity contribution >= 4 is 11.6 Å². The van der Waals surface area contributed by atoms with Crippen LogP contribution in [0.1, 0.15) is 35.8 Å². The van der Waals surface area contributed by atoms with Gasteiger partial charge in [0.15, 0.2) is 0 Å². The van der Waals surface area contributed by atoms with Crippen molar-refractivity contribution in [3.05, 3.63) is 48.3 Å². The lowest BCUT2D eigenvalue weighted by molar-refractivity contribution is 0.101. The number of anilines is 1. The van der Waals surface area contributed by atoms with Crippen molar-refractivity contribution in [2.45, 2.75) is 25.3 Å². The van der Waals surface area contributed by atoms with Gasteiger partial charge in [0.2, 0.25) is 0 Å². The molecule has 0 radical (unpaired) electrons. The van der Waals surface area contributed by atoms with Crippen LogP contribution in [0.3, 0.4) is 0 Å². The summed E-state index contributed by atoms with van der Waals surface area (Å²) in [7, 11) is 0. The van der Waals surface area contributed by atoms with E-state index in [0.717, 1.165) is 12.8 Å². The van der Waals surface area contributed by atoms with Gasteiger partial charge in [-0.05, 0) is 43.5 Å². The summed E-state index contributed by atoms with van der Waals surface area (Å²) in [6.07, 6.45) is 5.47. The van der Waals surface area contributed by atoms with E-state index in [9.17, 15) is 9.90 Å². The molecule has 1 aromatic heterocycles. The average Bonchev–Trinajstić information content (AvgIpc) is 2.75. The number of carbonyl (C=O) groups is 1. The van der Waals surface area contributed by atoms with Crippen molar-refractivity contribution in [2.24, 2.45) is 0 Å². The van der Waals surface area contributed by atoms with Crippen LogP contribution in [0.4, 0.5) is 5.69 Å². The number of carbonyl (C=O) groups excluding carboxylic acids is 1. The zero-order valence-corrected chi connectivity index (χ0v) is 10.5. The van der Waals surface area contributed by atoms with Gasteiger partial charge >= 0.3 is 0 Å². The Bertz CT molecular complexity index is 600. The monoisotopic (exact) mass is 256 g/mol. The summed E-state index contributed by atoms with van der Waals surface area (Å²) in [6, 6.07) is 10.8. The molecule has 0 bridgehead atoms. The maximum Gasteiger partial charge on any atom is 0.272 e. The number of nitrogens with zero attached hydrogens (tertiary/aromatic N) is 1. The van der Waals surface area contributed by atoms with Crippen molar-refractivity contribution in [3.63, 3.8) is 0 Å². The standard InChI is InChI=1S/C15H16N2O2/c18-13-7-1-4-11(10-13)16-15(19)14-8-3-9-17(14)12-5-2-6-12/h1,3-4,7-10,12,18H,2,5-6H2,(H,16,19). The summed E-state index contributed by atoms with van der Waals surface area (Å²) in [6.45, 7) is 0. The number of hydrogen-bond donors (Lipinski definition) is 2. The van der Waals surface area contributed by atoms with Crippen LogP contribution in [-0.4, -0.2) is 15.6 Å². The van der Waals surface area contributed by atoms with Crippen LogP contribution in [0.25, 0.3) is 0 Å². The first-order valence-electron chi connectivity index (χ1n) is 6.51. The lowest BCUT2D eigenvalue weighted by Gasteiger charge is -2.28. The number of benzene rings is 1. The van der Waals surface area contributed by atoms with Crippen LogP contribution >= 0.6 is 0 Å². The highest BCUT2D eigenvalue weighted by atomic mass is 16.3. The number of aromatic nitrogens is 1. The van der Waals surface area contributed by atoms with Gasteiger partial charge in [-0.25, -0.2) is 0 Å². The predicted octanol–water partition coefficient (Wildman–Crippen LogP) is 3.17. The fourth-order valence-corrected chi connectivity index (χ4v) is 2.35. The molecular weight excluding hydrogens is 240 g/mol. The predicted molar refractivity (Wildman–Crippen MR) is 73.4 cm³/mol. The summed E-state index contributed by atoms with van der Waals surface area (Å²) in [4.78, 5) is 12.2. The van der Waals surface area contributed by atoms with Crippen LogP contribution in [0.5, 0.6) is 5.75 Å². The van der Waals surface area contributed by atoms with Gasteiger partial charge in [0.05, 0.1) is 0 Å². The normalized spacial score (nSPS) is 14.9. The molecule has 19 heavy (non-hydrogen) atoms. The number of phenols is 1. The maximum atomic E-state index is 12.2. The van der Waals surface area contributed by atoms with Gasteiger partial charge < -0.3 is 15.0 Å². The largest absolute Gasteiger partial charge is 0.508 e. The minimum absolute atomic E-state index is 0.137. The molecule has 1 saturated carbocycles. The van der Waals surface area contributed by atoms with Gasteiger partial charge in [0, 0.05) is 24.0 Å². The molecule has 1 fully saturated rings. The molecule has 0 unspecified atom stereocenters. The minimum Gasteiger partial charge on any atom is -0.508 e. The molecule has 98 valence electrons. The van der Waals surface area contributed by atoms with E-state index in [1.807, 2.05) is 22.9 Å². The number of hydrogen-bond acceptors (Lipinski definition) is 2. The topological polar surface area (TPSA) is 54.3 Å². The summed E-state index contributed by atoms with van der Waals surface area (Å²) in [5, 5.41) is 12.2. The molecule has 3 rings (SSSR count).